The van der Waals surface area contributed by atoms with Crippen LogP contribution in [0.3, 0.4) is 0 Å². The zero-order valence-corrected chi connectivity index (χ0v) is 16.3. The van der Waals surface area contributed by atoms with Crippen LogP contribution in [0.1, 0.15) is 44.0 Å². The predicted molar refractivity (Wildman–Crippen MR) is 102 cm³/mol. The van der Waals surface area contributed by atoms with Gasteiger partial charge in [-0.15, -0.1) is 0 Å². The third kappa shape index (κ3) is 4.55. The Morgan fingerprint density at radius 1 is 1.23 bits per heavy atom. The third-order valence-electron chi connectivity index (χ3n) is 4.12. The molecular weight excluding hydrogens is 348 g/mol. The Morgan fingerprint density at radius 2 is 1.96 bits per heavy atom. The molecule has 3 rings (SSSR count). The van der Waals surface area contributed by atoms with Crippen LogP contribution in [0.25, 0.3) is 0 Å². The molecule has 1 aromatic heterocycles. The highest BCUT2D eigenvalue weighted by Crippen LogP contribution is 2.26. The van der Waals surface area contributed by atoms with E-state index in [9.17, 15) is 9.59 Å². The monoisotopic (exact) mass is 372 g/mol. The highest BCUT2D eigenvalue weighted by Gasteiger charge is 2.24. The minimum Gasteiger partial charge on any atom is -0.459 e. The van der Waals surface area contributed by atoms with Gasteiger partial charge in [0.2, 0.25) is 0 Å². The van der Waals surface area contributed by atoms with Crippen LogP contribution in [0.5, 0.6) is 0 Å². The van der Waals surface area contributed by atoms with Crippen LogP contribution in [0, 0.1) is 0 Å². The molecule has 0 radical (unpaired) electrons. The van der Waals surface area contributed by atoms with Crippen LogP contribution in [0.15, 0.2) is 40.3 Å². The van der Waals surface area contributed by atoms with Crippen LogP contribution in [0.2, 0.25) is 0 Å². The highest BCUT2D eigenvalue weighted by atomic mass is 32.2. The number of nitrogens with zero attached hydrogens (tertiary/aromatic N) is 2. The molecule has 0 atom stereocenters. The number of carbonyl (C=O) groups excluding carboxylic acids is 1. The smallest absolute Gasteiger partial charge is 0.326 e. The Balaban J connectivity index is 1.89. The van der Waals surface area contributed by atoms with E-state index in [1.54, 1.807) is 0 Å². The van der Waals surface area contributed by atoms with Crippen LogP contribution >= 0.6 is 11.8 Å². The number of hydrogen-bond donors (Lipinski definition) is 0. The summed E-state index contributed by atoms with van der Waals surface area (Å²) in [5.41, 5.74) is 2.14. The van der Waals surface area contributed by atoms with E-state index in [0.717, 1.165) is 36.1 Å². The fraction of sp³-hybridized carbons (Fsp3) is 0.450. The van der Waals surface area contributed by atoms with E-state index < -0.39 is 5.60 Å². The Labute approximate surface area is 157 Å². The average Bonchev–Trinajstić information content (AvgIpc) is 3.05. The summed E-state index contributed by atoms with van der Waals surface area (Å²) in [6.45, 7) is 5.64. The molecule has 0 spiro atoms. The SMILES string of the molecule is CC(C)(C)OC(=O)Cn1c(SCc2ccccc2)nc(=O)c2c1CCC2. The molecule has 6 heteroatoms. The first-order chi connectivity index (χ1) is 12.3. The molecule has 0 unspecified atom stereocenters. The normalized spacial score (nSPS) is 13.5. The number of carbonyl (C=O) groups is 1. The van der Waals surface area contributed by atoms with Gasteiger partial charge in [-0.05, 0) is 45.6 Å². The van der Waals surface area contributed by atoms with Gasteiger partial charge in [-0.1, -0.05) is 42.1 Å². The first-order valence-electron chi connectivity index (χ1n) is 8.84. The minimum absolute atomic E-state index is 0.0873. The van der Waals surface area contributed by atoms with Gasteiger partial charge in [0.15, 0.2) is 5.16 Å². The molecule has 0 saturated carbocycles. The quantitative estimate of drug-likeness (QED) is 0.457. The van der Waals surface area contributed by atoms with Gasteiger partial charge in [-0.2, -0.15) is 4.98 Å². The second-order valence-electron chi connectivity index (χ2n) is 7.43. The van der Waals surface area contributed by atoms with Crippen molar-refractivity contribution in [2.45, 2.75) is 63.1 Å². The number of benzene rings is 1. The Bertz CT molecular complexity index is 854. The molecule has 0 fully saturated rings. The van der Waals surface area contributed by atoms with Crippen molar-refractivity contribution in [3.8, 4) is 0 Å². The lowest BCUT2D eigenvalue weighted by molar-refractivity contribution is -0.155. The molecular formula is C20H24N2O3S. The standard InChI is InChI=1S/C20H24N2O3S/c1-20(2,3)25-17(23)12-22-16-11-7-10-15(16)18(24)21-19(22)26-13-14-8-5-4-6-9-14/h4-6,8-9H,7,10-13H2,1-3H3. The maximum absolute atomic E-state index is 12.4. The summed E-state index contributed by atoms with van der Waals surface area (Å²) in [5.74, 6) is 0.388. The summed E-state index contributed by atoms with van der Waals surface area (Å²) in [7, 11) is 0. The van der Waals surface area contributed by atoms with Crippen molar-refractivity contribution in [1.82, 2.24) is 9.55 Å². The van der Waals surface area contributed by atoms with Crippen molar-refractivity contribution in [2.24, 2.45) is 0 Å². The minimum atomic E-state index is -0.538. The zero-order valence-electron chi connectivity index (χ0n) is 15.4. The Kier molecular flexibility index (Phi) is 5.51. The van der Waals surface area contributed by atoms with Crippen LogP contribution in [0.4, 0.5) is 0 Å². The Hall–Kier alpha value is -2.08. The summed E-state index contributed by atoms with van der Waals surface area (Å²) in [5, 5.41) is 0.588. The molecule has 1 heterocycles. The number of hydrogen-bond acceptors (Lipinski definition) is 5. The lowest BCUT2D eigenvalue weighted by Crippen LogP contribution is -2.29. The maximum atomic E-state index is 12.4. The van der Waals surface area contributed by atoms with Gasteiger partial charge in [-0.25, -0.2) is 0 Å². The number of fused-ring (bicyclic) bond motifs is 1. The molecule has 5 nitrogen and oxygen atoms in total. The lowest BCUT2D eigenvalue weighted by Gasteiger charge is -2.22. The zero-order chi connectivity index (χ0) is 18.7. The van der Waals surface area contributed by atoms with E-state index in [2.05, 4.69) is 4.98 Å². The van der Waals surface area contributed by atoms with Crippen LogP contribution in [-0.2, 0) is 34.7 Å². The van der Waals surface area contributed by atoms with E-state index in [1.807, 2.05) is 55.7 Å². The van der Waals surface area contributed by atoms with Crippen molar-refractivity contribution in [2.75, 3.05) is 0 Å². The number of aromatic nitrogens is 2. The summed E-state index contributed by atoms with van der Waals surface area (Å²) in [6.07, 6.45) is 2.46. The maximum Gasteiger partial charge on any atom is 0.326 e. The van der Waals surface area contributed by atoms with Gasteiger partial charge >= 0.3 is 5.97 Å². The average molecular weight is 372 g/mol. The van der Waals surface area contributed by atoms with E-state index in [1.165, 1.54) is 11.8 Å². The van der Waals surface area contributed by atoms with Gasteiger partial charge < -0.3 is 9.30 Å². The number of thioether (sulfide) groups is 1. The predicted octanol–water partition coefficient (Wildman–Crippen LogP) is 3.37. The van der Waals surface area contributed by atoms with Gasteiger partial charge in [0.1, 0.15) is 12.1 Å². The second-order valence-corrected chi connectivity index (χ2v) is 8.37. The van der Waals surface area contributed by atoms with Crippen molar-refractivity contribution < 1.29 is 9.53 Å². The van der Waals surface area contributed by atoms with Gasteiger partial charge in [0, 0.05) is 17.0 Å². The van der Waals surface area contributed by atoms with Crippen molar-refractivity contribution in [3.63, 3.8) is 0 Å². The molecule has 2 aromatic rings. The van der Waals surface area contributed by atoms with Gasteiger partial charge in [-0.3, -0.25) is 9.59 Å². The number of esters is 1. The molecule has 0 aliphatic heterocycles. The second kappa shape index (κ2) is 7.66. The molecule has 1 aliphatic carbocycles. The van der Waals surface area contributed by atoms with Crippen molar-refractivity contribution in [1.29, 1.82) is 0 Å². The van der Waals surface area contributed by atoms with Gasteiger partial charge in [0.25, 0.3) is 5.56 Å². The summed E-state index contributed by atoms with van der Waals surface area (Å²) < 4.78 is 7.35. The van der Waals surface area contributed by atoms with Crippen molar-refractivity contribution >= 4 is 17.7 Å². The van der Waals surface area contributed by atoms with E-state index in [-0.39, 0.29) is 18.1 Å². The highest BCUT2D eigenvalue weighted by molar-refractivity contribution is 7.98. The molecule has 0 amide bonds. The molecule has 1 aromatic carbocycles. The van der Waals surface area contributed by atoms with E-state index in [4.69, 9.17) is 4.74 Å². The molecule has 138 valence electrons. The van der Waals surface area contributed by atoms with Crippen molar-refractivity contribution in [3.05, 3.63) is 57.5 Å². The molecule has 0 saturated heterocycles. The van der Waals surface area contributed by atoms with E-state index in [0.29, 0.717) is 10.9 Å². The molecule has 1 aliphatic rings. The Morgan fingerprint density at radius 3 is 2.65 bits per heavy atom. The fourth-order valence-electron chi connectivity index (χ4n) is 3.08. The first kappa shape index (κ1) is 18.7. The molecule has 26 heavy (non-hydrogen) atoms. The first-order valence-corrected chi connectivity index (χ1v) is 9.83. The van der Waals surface area contributed by atoms with Crippen LogP contribution in [-0.4, -0.2) is 21.1 Å². The molecule has 0 bridgehead atoms. The fourth-order valence-corrected chi connectivity index (χ4v) is 4.05. The third-order valence-corrected chi connectivity index (χ3v) is 5.17. The summed E-state index contributed by atoms with van der Waals surface area (Å²) >= 11 is 1.48. The summed E-state index contributed by atoms with van der Waals surface area (Å²) in [6, 6.07) is 10.0. The largest absolute Gasteiger partial charge is 0.459 e. The number of ether oxygens (including phenoxy) is 1. The number of rotatable bonds is 5. The summed E-state index contributed by atoms with van der Waals surface area (Å²) in [4.78, 5) is 29.0. The topological polar surface area (TPSA) is 61.2 Å². The van der Waals surface area contributed by atoms with E-state index >= 15 is 0 Å². The lowest BCUT2D eigenvalue weighted by atomic mass is 10.2. The van der Waals surface area contributed by atoms with Crippen LogP contribution < -0.4 is 5.56 Å². The molecule has 0 N–H and O–H groups in total. The van der Waals surface area contributed by atoms with Gasteiger partial charge in [0.05, 0.1) is 0 Å².